The van der Waals surface area contributed by atoms with E-state index in [1.807, 2.05) is 0 Å². The summed E-state index contributed by atoms with van der Waals surface area (Å²) >= 11 is 0. The first kappa shape index (κ1) is 13.8. The molecule has 7 heteroatoms. The van der Waals surface area contributed by atoms with E-state index in [4.69, 9.17) is 10.4 Å². The first-order chi connectivity index (χ1) is 9.43. The van der Waals surface area contributed by atoms with Crippen LogP contribution >= 0.6 is 0 Å². The van der Waals surface area contributed by atoms with Crippen molar-refractivity contribution < 1.29 is 18.3 Å². The molecule has 0 bridgehead atoms. The first-order valence-corrected chi connectivity index (χ1v) is 7.22. The lowest BCUT2D eigenvalue weighted by Gasteiger charge is -2.10. The van der Waals surface area contributed by atoms with Gasteiger partial charge in [-0.15, -0.1) is 0 Å². The number of fused-ring (bicyclic) bond motifs is 1. The van der Waals surface area contributed by atoms with Gasteiger partial charge in [0.05, 0.1) is 17.3 Å². The summed E-state index contributed by atoms with van der Waals surface area (Å²) in [5, 5.41) is 19.0. The zero-order chi connectivity index (χ0) is 14.8. The molecule has 2 N–H and O–H groups in total. The number of rotatable bonds is 4. The highest BCUT2D eigenvalue weighted by molar-refractivity contribution is 7.92. The summed E-state index contributed by atoms with van der Waals surface area (Å²) in [6.45, 7) is 0. The van der Waals surface area contributed by atoms with Crippen LogP contribution in [0.3, 0.4) is 0 Å². The zero-order valence-corrected chi connectivity index (χ0v) is 11.0. The van der Waals surface area contributed by atoms with Gasteiger partial charge in [-0.1, -0.05) is 24.3 Å². The van der Waals surface area contributed by atoms with Gasteiger partial charge in [0, 0.05) is 0 Å². The minimum atomic E-state index is -3.88. The van der Waals surface area contributed by atoms with Crippen molar-refractivity contribution in [3.8, 4) is 6.07 Å². The third kappa shape index (κ3) is 2.87. The molecule has 0 saturated heterocycles. The fraction of sp³-hybridized carbons (Fsp3) is 0.0769. The van der Waals surface area contributed by atoms with E-state index in [9.17, 15) is 13.2 Å². The summed E-state index contributed by atoms with van der Waals surface area (Å²) in [6.07, 6.45) is 0. The number of aromatic carboxylic acids is 1. The monoisotopic (exact) mass is 290 g/mol. The van der Waals surface area contributed by atoms with Crippen molar-refractivity contribution in [1.82, 2.24) is 0 Å². The maximum Gasteiger partial charge on any atom is 0.337 e. The van der Waals surface area contributed by atoms with Gasteiger partial charge >= 0.3 is 5.97 Å². The molecule has 20 heavy (non-hydrogen) atoms. The normalized spacial score (nSPS) is 10.9. The Bertz CT molecular complexity index is 822. The van der Waals surface area contributed by atoms with Crippen molar-refractivity contribution in [2.45, 2.75) is 0 Å². The van der Waals surface area contributed by atoms with E-state index in [2.05, 4.69) is 4.72 Å². The molecule has 0 aromatic heterocycles. The van der Waals surface area contributed by atoms with Crippen molar-refractivity contribution in [3.05, 3.63) is 42.0 Å². The van der Waals surface area contributed by atoms with E-state index < -0.39 is 21.7 Å². The number of carbonyl (C=O) groups is 1. The number of benzene rings is 2. The van der Waals surface area contributed by atoms with E-state index in [0.717, 1.165) is 0 Å². The van der Waals surface area contributed by atoms with E-state index >= 15 is 0 Å². The molecule has 0 saturated carbocycles. The fourth-order valence-electron chi connectivity index (χ4n) is 1.79. The van der Waals surface area contributed by atoms with Gasteiger partial charge in [-0.05, 0) is 22.9 Å². The van der Waals surface area contributed by atoms with E-state index in [-0.39, 0.29) is 11.3 Å². The predicted molar refractivity (Wildman–Crippen MR) is 73.9 cm³/mol. The van der Waals surface area contributed by atoms with Crippen LogP contribution in [0.1, 0.15) is 10.4 Å². The minimum absolute atomic E-state index is 0.0496. The van der Waals surface area contributed by atoms with Crippen LogP contribution in [0.2, 0.25) is 0 Å². The number of carboxylic acids is 1. The minimum Gasteiger partial charge on any atom is -0.478 e. The highest BCUT2D eigenvalue weighted by Crippen LogP contribution is 2.25. The Morgan fingerprint density at radius 2 is 1.85 bits per heavy atom. The Hall–Kier alpha value is -2.59. The van der Waals surface area contributed by atoms with Crippen molar-refractivity contribution in [2.75, 3.05) is 10.5 Å². The summed E-state index contributed by atoms with van der Waals surface area (Å²) in [7, 11) is -3.88. The molecule has 2 rings (SSSR count). The Morgan fingerprint density at radius 3 is 2.40 bits per heavy atom. The molecule has 0 unspecified atom stereocenters. The van der Waals surface area contributed by atoms with Crippen LogP contribution in [0.15, 0.2) is 36.4 Å². The molecule has 0 amide bonds. The molecule has 0 atom stereocenters. The Labute approximate surface area is 115 Å². The van der Waals surface area contributed by atoms with Gasteiger partial charge in [0.2, 0.25) is 10.0 Å². The Kier molecular flexibility index (Phi) is 3.59. The summed E-state index contributed by atoms with van der Waals surface area (Å²) < 4.78 is 25.3. The molecule has 0 fully saturated rings. The van der Waals surface area contributed by atoms with Crippen molar-refractivity contribution in [1.29, 1.82) is 5.26 Å². The molecular formula is C13H10N2O4S. The highest BCUT2D eigenvalue weighted by Gasteiger charge is 2.17. The quantitative estimate of drug-likeness (QED) is 0.892. The Morgan fingerprint density at radius 1 is 1.25 bits per heavy atom. The molecule has 2 aromatic rings. The fourth-order valence-corrected chi connectivity index (χ4v) is 2.54. The summed E-state index contributed by atoms with van der Waals surface area (Å²) in [6, 6.07) is 11.3. The van der Waals surface area contributed by atoms with Gasteiger partial charge in [0.1, 0.15) is 0 Å². The standard InChI is InChI=1S/C13H10N2O4S/c14-5-6-20(18,19)15-12-8-10-4-2-1-3-9(10)7-11(12)13(16)17/h1-4,7-8,15H,6H2,(H,16,17). The number of carboxylic acid groups (broad SMARTS) is 1. The van der Waals surface area contributed by atoms with Crippen molar-refractivity contribution in [2.24, 2.45) is 0 Å². The molecule has 102 valence electrons. The average Bonchev–Trinajstić information content (AvgIpc) is 2.37. The lowest BCUT2D eigenvalue weighted by Crippen LogP contribution is -2.17. The van der Waals surface area contributed by atoms with Gasteiger partial charge in [0.25, 0.3) is 0 Å². The molecule has 6 nitrogen and oxygen atoms in total. The smallest absolute Gasteiger partial charge is 0.337 e. The molecule has 0 aliphatic heterocycles. The van der Waals surface area contributed by atoms with Gasteiger partial charge in [0.15, 0.2) is 5.75 Å². The predicted octanol–water partition coefficient (Wildman–Crippen LogP) is 1.80. The molecule has 0 heterocycles. The number of anilines is 1. The number of hydrogen-bond acceptors (Lipinski definition) is 4. The molecule has 0 radical (unpaired) electrons. The highest BCUT2D eigenvalue weighted by atomic mass is 32.2. The van der Waals surface area contributed by atoms with Crippen LogP contribution in [0.5, 0.6) is 0 Å². The molecule has 2 aromatic carbocycles. The van der Waals surface area contributed by atoms with E-state index in [1.54, 1.807) is 24.3 Å². The number of sulfonamides is 1. The summed E-state index contributed by atoms with van der Waals surface area (Å²) in [5.74, 6) is -1.98. The molecule has 0 aliphatic carbocycles. The zero-order valence-electron chi connectivity index (χ0n) is 10.2. The van der Waals surface area contributed by atoms with Crippen LogP contribution in [-0.2, 0) is 10.0 Å². The maximum atomic E-state index is 11.6. The largest absolute Gasteiger partial charge is 0.478 e. The molecule has 0 aliphatic rings. The molecular weight excluding hydrogens is 280 g/mol. The molecule has 0 spiro atoms. The lowest BCUT2D eigenvalue weighted by molar-refractivity contribution is 0.0698. The van der Waals surface area contributed by atoms with Crippen LogP contribution in [0, 0.1) is 11.3 Å². The first-order valence-electron chi connectivity index (χ1n) is 5.56. The third-order valence-corrected chi connectivity index (χ3v) is 3.68. The number of nitrogens with zero attached hydrogens (tertiary/aromatic N) is 1. The van der Waals surface area contributed by atoms with Gasteiger partial charge in [-0.2, -0.15) is 5.26 Å². The topological polar surface area (TPSA) is 107 Å². The number of hydrogen-bond donors (Lipinski definition) is 2. The summed E-state index contributed by atoms with van der Waals surface area (Å²) in [5.41, 5.74) is -0.211. The average molecular weight is 290 g/mol. The van der Waals surface area contributed by atoms with Gasteiger partial charge < -0.3 is 5.11 Å². The number of nitrogens with one attached hydrogen (secondary N) is 1. The second-order valence-corrected chi connectivity index (χ2v) is 5.79. The van der Waals surface area contributed by atoms with Gasteiger partial charge in [-0.3, -0.25) is 4.72 Å². The second kappa shape index (κ2) is 5.19. The van der Waals surface area contributed by atoms with Crippen LogP contribution in [0.4, 0.5) is 5.69 Å². The van der Waals surface area contributed by atoms with Crippen LogP contribution < -0.4 is 4.72 Å². The lowest BCUT2D eigenvalue weighted by atomic mass is 10.1. The van der Waals surface area contributed by atoms with Crippen LogP contribution in [-0.4, -0.2) is 25.2 Å². The van der Waals surface area contributed by atoms with Crippen LogP contribution in [0.25, 0.3) is 10.8 Å². The second-order valence-electron chi connectivity index (χ2n) is 4.07. The van der Waals surface area contributed by atoms with E-state index in [1.165, 1.54) is 18.2 Å². The Balaban J connectivity index is 2.59. The van der Waals surface area contributed by atoms with Crippen molar-refractivity contribution >= 4 is 32.5 Å². The maximum absolute atomic E-state index is 11.6. The SMILES string of the molecule is N#CCS(=O)(=O)Nc1cc2ccccc2cc1C(=O)O. The van der Waals surface area contributed by atoms with E-state index in [0.29, 0.717) is 10.8 Å². The summed E-state index contributed by atoms with van der Waals surface area (Å²) in [4.78, 5) is 11.2. The number of nitriles is 1. The van der Waals surface area contributed by atoms with Crippen molar-refractivity contribution in [3.63, 3.8) is 0 Å². The third-order valence-electron chi connectivity index (χ3n) is 2.64. The van der Waals surface area contributed by atoms with Gasteiger partial charge in [-0.25, -0.2) is 13.2 Å².